The van der Waals surface area contributed by atoms with E-state index < -0.39 is 10.0 Å². The Bertz CT molecular complexity index is 1630. The number of anilines is 1. The van der Waals surface area contributed by atoms with Crippen LogP contribution in [0.1, 0.15) is 30.4 Å². The number of H-pyrrole nitrogens is 1. The summed E-state index contributed by atoms with van der Waals surface area (Å²) in [4.78, 5) is 10.3. The van der Waals surface area contributed by atoms with Gasteiger partial charge in [0.25, 0.3) is 0 Å². The van der Waals surface area contributed by atoms with Crippen molar-refractivity contribution in [2.75, 3.05) is 51.0 Å². The van der Waals surface area contributed by atoms with Crippen molar-refractivity contribution in [3.63, 3.8) is 0 Å². The molecule has 1 aliphatic rings. The second-order valence-corrected chi connectivity index (χ2v) is 12.1. The molecule has 216 valence electrons. The number of likely N-dealkylation sites (tertiary alicyclic amines) is 1. The number of aliphatic imine (C=N–C) groups is 1. The number of aromatic nitrogens is 1. The average molecular weight is 577 g/mol. The molecule has 4 aromatic rings. The number of aromatic amines is 1. The van der Waals surface area contributed by atoms with Crippen molar-refractivity contribution in [3.05, 3.63) is 77.9 Å². The van der Waals surface area contributed by atoms with Gasteiger partial charge in [-0.15, -0.1) is 0 Å². The van der Waals surface area contributed by atoms with Gasteiger partial charge in [-0.3, -0.25) is 4.31 Å². The first kappa shape index (κ1) is 28.5. The zero-order chi connectivity index (χ0) is 29.0. The Morgan fingerprint density at radius 1 is 0.976 bits per heavy atom. The molecule has 0 radical (unpaired) electrons. The van der Waals surface area contributed by atoms with Gasteiger partial charge in [0.15, 0.2) is 17.4 Å². The van der Waals surface area contributed by atoms with Gasteiger partial charge in [-0.25, -0.2) is 13.4 Å². The molecule has 0 spiro atoms. The molecular weight excluding hydrogens is 540 g/mol. The van der Waals surface area contributed by atoms with Crippen LogP contribution in [0.3, 0.4) is 0 Å². The van der Waals surface area contributed by atoms with Gasteiger partial charge in [-0.05, 0) is 56.3 Å². The molecule has 1 aliphatic heterocycles. The fraction of sp³-hybridized carbons (Fsp3) is 0.323. The quantitative estimate of drug-likeness (QED) is 0.248. The summed E-state index contributed by atoms with van der Waals surface area (Å²) in [5.74, 6) is 1.04. The van der Waals surface area contributed by atoms with E-state index in [4.69, 9.17) is 14.5 Å². The van der Waals surface area contributed by atoms with Crippen molar-refractivity contribution >= 4 is 38.0 Å². The molecule has 0 aliphatic carbocycles. The minimum absolute atomic E-state index is 0.0320. The number of sulfonamides is 1. The number of benzene rings is 3. The summed E-state index contributed by atoms with van der Waals surface area (Å²) in [5.41, 5.74) is 3.77. The monoisotopic (exact) mass is 576 g/mol. The SMILES string of the molecule is COc1cc2[nH]c(O)c(C(=Nc3ccc(N(CCN4CCCCC4)S(C)(=O)=O)cc3)c3ccccc3)c2cc1OC. The number of nitrogens with one attached hydrogen (secondary N) is 1. The topological polar surface area (TPSA) is 107 Å². The Hall–Kier alpha value is -4.02. The molecule has 5 rings (SSSR count). The number of methoxy groups -OCH3 is 2. The molecule has 2 N–H and O–H groups in total. The van der Waals surface area contributed by atoms with E-state index in [1.807, 2.05) is 36.4 Å². The third-order valence-corrected chi connectivity index (χ3v) is 8.61. The molecule has 0 unspecified atom stereocenters. The smallest absolute Gasteiger partial charge is 0.232 e. The molecule has 1 fully saturated rings. The molecule has 0 saturated carbocycles. The van der Waals surface area contributed by atoms with Gasteiger partial charge in [0, 0.05) is 30.1 Å². The van der Waals surface area contributed by atoms with E-state index in [0.29, 0.717) is 52.8 Å². The summed E-state index contributed by atoms with van der Waals surface area (Å²) in [6, 6.07) is 20.3. The van der Waals surface area contributed by atoms with Gasteiger partial charge < -0.3 is 24.5 Å². The minimum atomic E-state index is -3.46. The molecule has 1 aromatic heterocycles. The van der Waals surface area contributed by atoms with Crippen LogP contribution in [-0.2, 0) is 10.0 Å². The molecule has 1 saturated heterocycles. The standard InChI is InChI=1S/C31H36N4O5S/c1-39-27-20-25-26(21-28(27)40-2)33-31(36)29(25)30(22-10-6-4-7-11-22)32-23-12-14-24(15-13-23)35(41(3,37)38)19-18-34-16-8-5-9-17-34/h4,6-7,10-15,20-21,33,36H,5,8-9,16-19H2,1-3H3. The van der Waals surface area contributed by atoms with Crippen molar-refractivity contribution in [2.45, 2.75) is 19.3 Å². The maximum absolute atomic E-state index is 12.7. The normalized spacial score (nSPS) is 14.8. The molecule has 2 heterocycles. The molecule has 9 nitrogen and oxygen atoms in total. The highest BCUT2D eigenvalue weighted by Crippen LogP contribution is 2.38. The number of rotatable bonds is 10. The number of fused-ring (bicyclic) bond motifs is 1. The van der Waals surface area contributed by atoms with Gasteiger partial charge in [0.1, 0.15) is 0 Å². The summed E-state index contributed by atoms with van der Waals surface area (Å²) < 4.78 is 37.8. The van der Waals surface area contributed by atoms with Gasteiger partial charge in [0.05, 0.1) is 48.6 Å². The summed E-state index contributed by atoms with van der Waals surface area (Å²) in [6.45, 7) is 3.10. The van der Waals surface area contributed by atoms with E-state index in [1.54, 1.807) is 44.6 Å². The van der Waals surface area contributed by atoms with Gasteiger partial charge in [0.2, 0.25) is 10.0 Å². The number of nitrogens with zero attached hydrogens (tertiary/aromatic N) is 3. The molecule has 0 atom stereocenters. The van der Waals surface area contributed by atoms with Crippen molar-refractivity contribution in [3.8, 4) is 17.4 Å². The van der Waals surface area contributed by atoms with E-state index in [9.17, 15) is 13.5 Å². The number of aromatic hydroxyl groups is 1. The van der Waals surface area contributed by atoms with Crippen LogP contribution in [0.15, 0.2) is 71.7 Å². The van der Waals surface area contributed by atoms with Crippen molar-refractivity contribution in [1.82, 2.24) is 9.88 Å². The Morgan fingerprint density at radius 3 is 2.27 bits per heavy atom. The molecular formula is C31H36N4O5S. The highest BCUT2D eigenvalue weighted by Gasteiger charge is 2.22. The Balaban J connectivity index is 1.53. The second-order valence-electron chi connectivity index (χ2n) is 10.2. The van der Waals surface area contributed by atoms with E-state index in [-0.39, 0.29) is 5.88 Å². The van der Waals surface area contributed by atoms with Gasteiger partial charge in [-0.1, -0.05) is 36.8 Å². The van der Waals surface area contributed by atoms with Crippen LogP contribution in [0.5, 0.6) is 17.4 Å². The lowest BCUT2D eigenvalue weighted by Gasteiger charge is -2.30. The number of ether oxygens (including phenoxy) is 2. The first-order valence-electron chi connectivity index (χ1n) is 13.7. The first-order chi connectivity index (χ1) is 19.8. The second kappa shape index (κ2) is 12.2. The molecule has 0 bridgehead atoms. The lowest BCUT2D eigenvalue weighted by atomic mass is 10.0. The van der Waals surface area contributed by atoms with E-state index in [1.165, 1.54) is 17.0 Å². The zero-order valence-electron chi connectivity index (χ0n) is 23.6. The van der Waals surface area contributed by atoms with Crippen LogP contribution < -0.4 is 13.8 Å². The maximum atomic E-state index is 12.7. The fourth-order valence-corrected chi connectivity index (χ4v) is 6.25. The highest BCUT2D eigenvalue weighted by atomic mass is 32.2. The fourth-order valence-electron chi connectivity index (χ4n) is 5.33. The predicted octanol–water partition coefficient (Wildman–Crippen LogP) is 5.31. The first-order valence-corrected chi connectivity index (χ1v) is 15.5. The van der Waals surface area contributed by atoms with Crippen molar-refractivity contribution in [1.29, 1.82) is 0 Å². The predicted molar refractivity (Wildman–Crippen MR) is 164 cm³/mol. The van der Waals surface area contributed by atoms with Gasteiger partial charge in [-0.2, -0.15) is 0 Å². The average Bonchev–Trinajstić information content (AvgIpc) is 3.30. The molecule has 3 aromatic carbocycles. The Labute approximate surface area is 241 Å². The molecule has 41 heavy (non-hydrogen) atoms. The highest BCUT2D eigenvalue weighted by molar-refractivity contribution is 7.92. The van der Waals surface area contributed by atoms with Crippen LogP contribution >= 0.6 is 0 Å². The zero-order valence-corrected chi connectivity index (χ0v) is 24.4. The number of piperidine rings is 1. The third-order valence-electron chi connectivity index (χ3n) is 7.41. The van der Waals surface area contributed by atoms with E-state index in [2.05, 4.69) is 9.88 Å². The summed E-state index contributed by atoms with van der Waals surface area (Å²) >= 11 is 0. The molecule has 0 amide bonds. The van der Waals surface area contributed by atoms with Crippen LogP contribution in [0, 0.1) is 0 Å². The summed E-state index contributed by atoms with van der Waals surface area (Å²) in [6.07, 6.45) is 4.78. The summed E-state index contributed by atoms with van der Waals surface area (Å²) in [7, 11) is -0.337. The number of hydrogen-bond donors (Lipinski definition) is 2. The van der Waals surface area contributed by atoms with Crippen LogP contribution in [0.4, 0.5) is 11.4 Å². The Morgan fingerprint density at radius 2 is 1.63 bits per heavy atom. The van der Waals surface area contributed by atoms with E-state index >= 15 is 0 Å². The van der Waals surface area contributed by atoms with Crippen molar-refractivity contribution in [2.24, 2.45) is 4.99 Å². The number of hydrogen-bond acceptors (Lipinski definition) is 7. The van der Waals surface area contributed by atoms with E-state index in [0.717, 1.165) is 36.9 Å². The maximum Gasteiger partial charge on any atom is 0.232 e. The van der Waals surface area contributed by atoms with Gasteiger partial charge >= 0.3 is 0 Å². The van der Waals surface area contributed by atoms with Crippen LogP contribution in [-0.4, -0.2) is 75.8 Å². The van der Waals surface area contributed by atoms with Crippen LogP contribution in [0.25, 0.3) is 10.9 Å². The Kier molecular flexibility index (Phi) is 8.51. The largest absolute Gasteiger partial charge is 0.494 e. The summed E-state index contributed by atoms with van der Waals surface area (Å²) in [5, 5.41) is 11.8. The minimum Gasteiger partial charge on any atom is -0.494 e. The lowest BCUT2D eigenvalue weighted by Crippen LogP contribution is -2.40. The third kappa shape index (κ3) is 6.34. The molecule has 10 heteroatoms. The van der Waals surface area contributed by atoms with Crippen molar-refractivity contribution < 1.29 is 23.0 Å². The van der Waals surface area contributed by atoms with Crippen LogP contribution in [0.2, 0.25) is 0 Å². The lowest BCUT2D eigenvalue weighted by molar-refractivity contribution is 0.235.